The SMILES string of the molecule is CC(CCCCCC(=O)O)CC(=O)OC(CC(=O)[O-])C[N+](C)(C)C. The quantitative estimate of drug-likeness (QED) is 0.301. The van der Waals surface area contributed by atoms with Crippen LogP contribution in [0, 0.1) is 5.92 Å². The molecule has 24 heavy (non-hydrogen) atoms. The number of aliphatic carboxylic acids is 2. The Balaban J connectivity index is 4.17. The molecule has 2 unspecified atom stereocenters. The molecule has 0 aliphatic rings. The van der Waals surface area contributed by atoms with Crippen molar-refractivity contribution in [2.75, 3.05) is 27.7 Å². The highest BCUT2D eigenvalue weighted by atomic mass is 16.5. The molecule has 7 nitrogen and oxygen atoms in total. The van der Waals surface area contributed by atoms with Crippen molar-refractivity contribution in [1.29, 1.82) is 0 Å². The van der Waals surface area contributed by atoms with Crippen LogP contribution in [0.25, 0.3) is 0 Å². The van der Waals surface area contributed by atoms with Crippen molar-refractivity contribution in [3.05, 3.63) is 0 Å². The number of ether oxygens (including phenoxy) is 1. The molecule has 140 valence electrons. The highest BCUT2D eigenvalue weighted by molar-refractivity contribution is 5.71. The molecule has 0 aliphatic heterocycles. The number of carbonyl (C=O) groups excluding carboxylic acids is 2. The van der Waals surface area contributed by atoms with Gasteiger partial charge < -0.3 is 24.2 Å². The van der Waals surface area contributed by atoms with E-state index >= 15 is 0 Å². The molecule has 7 heteroatoms. The molecule has 1 N–H and O–H groups in total. The molecule has 0 rings (SSSR count). The lowest BCUT2D eigenvalue weighted by Crippen LogP contribution is -2.45. The summed E-state index contributed by atoms with van der Waals surface area (Å²) in [7, 11) is 5.70. The van der Waals surface area contributed by atoms with Gasteiger partial charge in [0.1, 0.15) is 6.54 Å². The van der Waals surface area contributed by atoms with Crippen LogP contribution in [-0.2, 0) is 19.1 Å². The van der Waals surface area contributed by atoms with Crippen molar-refractivity contribution >= 4 is 17.9 Å². The van der Waals surface area contributed by atoms with E-state index < -0.39 is 24.0 Å². The fraction of sp³-hybridized carbons (Fsp3) is 0.824. The second-order valence-electron chi connectivity index (χ2n) is 7.46. The van der Waals surface area contributed by atoms with E-state index in [-0.39, 0.29) is 25.2 Å². The number of carbonyl (C=O) groups is 3. The van der Waals surface area contributed by atoms with Gasteiger partial charge in [0.25, 0.3) is 0 Å². The minimum atomic E-state index is -1.23. The summed E-state index contributed by atoms with van der Waals surface area (Å²) in [5.74, 6) is -2.29. The highest BCUT2D eigenvalue weighted by Gasteiger charge is 2.23. The van der Waals surface area contributed by atoms with Crippen LogP contribution in [0.1, 0.15) is 51.9 Å². The standard InChI is InChI=1S/C17H31NO6/c1-13(8-6-5-7-9-15(19)20)10-17(23)24-14(11-16(21)22)12-18(2,3)4/h13-14H,5-12H2,1-4H3,(H-,19,20,21,22). The van der Waals surface area contributed by atoms with Crippen LogP contribution in [0.15, 0.2) is 0 Å². The Hall–Kier alpha value is -1.63. The Bertz CT molecular complexity index is 416. The zero-order chi connectivity index (χ0) is 18.8. The van der Waals surface area contributed by atoms with Crippen LogP contribution < -0.4 is 5.11 Å². The molecule has 0 heterocycles. The van der Waals surface area contributed by atoms with E-state index in [1.165, 1.54) is 0 Å². The van der Waals surface area contributed by atoms with E-state index in [2.05, 4.69) is 0 Å². The average molecular weight is 345 g/mol. The van der Waals surface area contributed by atoms with Crippen LogP contribution in [-0.4, -0.2) is 61.3 Å². The number of likely N-dealkylation sites (N-methyl/N-ethyl adjacent to an activating group) is 1. The zero-order valence-corrected chi connectivity index (χ0v) is 15.2. The predicted molar refractivity (Wildman–Crippen MR) is 86.9 cm³/mol. The van der Waals surface area contributed by atoms with E-state index in [1.54, 1.807) is 0 Å². The number of quaternary nitrogens is 1. The molecule has 0 spiro atoms. The summed E-state index contributed by atoms with van der Waals surface area (Å²) in [5.41, 5.74) is 0. The second-order valence-corrected chi connectivity index (χ2v) is 7.46. The molecule has 0 aromatic rings. The first-order chi connectivity index (χ1) is 11.0. The van der Waals surface area contributed by atoms with Crippen LogP contribution in [0.3, 0.4) is 0 Å². The van der Waals surface area contributed by atoms with Gasteiger partial charge >= 0.3 is 11.9 Å². The molecule has 0 aromatic carbocycles. The van der Waals surface area contributed by atoms with E-state index in [0.717, 1.165) is 19.3 Å². The fourth-order valence-corrected chi connectivity index (χ4v) is 2.51. The molecule has 0 saturated carbocycles. The molecule has 0 aliphatic carbocycles. The van der Waals surface area contributed by atoms with E-state index in [4.69, 9.17) is 9.84 Å². The summed E-state index contributed by atoms with van der Waals surface area (Å²) < 4.78 is 5.80. The molecule has 0 aromatic heterocycles. The van der Waals surface area contributed by atoms with Crippen molar-refractivity contribution in [3.8, 4) is 0 Å². The normalized spacial score (nSPS) is 14.0. The first-order valence-electron chi connectivity index (χ1n) is 8.41. The molecular formula is C17H31NO6. The third kappa shape index (κ3) is 14.0. The maximum atomic E-state index is 12.0. The van der Waals surface area contributed by atoms with Gasteiger partial charge in [0.15, 0.2) is 6.10 Å². The number of hydrogen-bond donors (Lipinski definition) is 1. The van der Waals surface area contributed by atoms with Gasteiger partial charge in [0.05, 0.1) is 21.1 Å². The van der Waals surface area contributed by atoms with Crippen molar-refractivity contribution in [2.45, 2.75) is 58.0 Å². The van der Waals surface area contributed by atoms with E-state index in [9.17, 15) is 19.5 Å². The van der Waals surface area contributed by atoms with Crippen LogP contribution >= 0.6 is 0 Å². The second kappa shape index (κ2) is 11.0. The minimum absolute atomic E-state index is 0.120. The maximum absolute atomic E-state index is 12.0. The van der Waals surface area contributed by atoms with Gasteiger partial charge in [-0.15, -0.1) is 0 Å². The van der Waals surface area contributed by atoms with Gasteiger partial charge in [0.2, 0.25) is 0 Å². The van der Waals surface area contributed by atoms with Gasteiger partial charge in [-0.1, -0.05) is 26.2 Å². The van der Waals surface area contributed by atoms with Gasteiger partial charge in [-0.05, 0) is 12.3 Å². The van der Waals surface area contributed by atoms with Gasteiger partial charge in [-0.25, -0.2) is 0 Å². The van der Waals surface area contributed by atoms with E-state index in [1.807, 2.05) is 28.1 Å². The van der Waals surface area contributed by atoms with Crippen molar-refractivity contribution in [2.24, 2.45) is 5.92 Å². The number of esters is 1. The smallest absolute Gasteiger partial charge is 0.306 e. The third-order valence-corrected chi connectivity index (χ3v) is 3.55. The van der Waals surface area contributed by atoms with Crippen molar-refractivity contribution in [3.63, 3.8) is 0 Å². The number of carboxylic acid groups (broad SMARTS) is 2. The number of nitrogens with zero attached hydrogens (tertiary/aromatic N) is 1. The Labute approximate surface area is 144 Å². The van der Waals surface area contributed by atoms with Crippen LogP contribution in [0.4, 0.5) is 0 Å². The molecule has 0 bridgehead atoms. The first kappa shape index (κ1) is 22.4. The largest absolute Gasteiger partial charge is 0.550 e. The lowest BCUT2D eigenvalue weighted by Gasteiger charge is -2.29. The summed E-state index contributed by atoms with van der Waals surface area (Å²) in [4.78, 5) is 33.2. The minimum Gasteiger partial charge on any atom is -0.550 e. The molecule has 0 radical (unpaired) electrons. The number of rotatable bonds is 13. The number of hydrogen-bond acceptors (Lipinski definition) is 5. The summed E-state index contributed by atoms with van der Waals surface area (Å²) in [5, 5.41) is 19.4. The van der Waals surface area contributed by atoms with Crippen LogP contribution in [0.2, 0.25) is 0 Å². The lowest BCUT2D eigenvalue weighted by molar-refractivity contribution is -0.873. The number of unbranched alkanes of at least 4 members (excludes halogenated alkanes) is 2. The molecule has 0 amide bonds. The Morgan fingerprint density at radius 3 is 2.21 bits per heavy atom. The van der Waals surface area contributed by atoms with Gasteiger partial charge in [0, 0.05) is 25.2 Å². The summed E-state index contributed by atoms with van der Waals surface area (Å²) in [6.45, 7) is 2.34. The molecular weight excluding hydrogens is 314 g/mol. The Morgan fingerprint density at radius 2 is 1.71 bits per heavy atom. The van der Waals surface area contributed by atoms with Gasteiger partial charge in [-0.2, -0.15) is 0 Å². The summed E-state index contributed by atoms with van der Waals surface area (Å²) >= 11 is 0. The summed E-state index contributed by atoms with van der Waals surface area (Å²) in [6.07, 6.45) is 2.56. The van der Waals surface area contributed by atoms with Gasteiger partial charge in [-0.3, -0.25) is 9.59 Å². The zero-order valence-electron chi connectivity index (χ0n) is 15.2. The lowest BCUT2D eigenvalue weighted by atomic mass is 9.99. The fourth-order valence-electron chi connectivity index (χ4n) is 2.51. The Kier molecular flexibility index (Phi) is 10.3. The average Bonchev–Trinajstić information content (AvgIpc) is 2.34. The monoisotopic (exact) mass is 345 g/mol. The molecule has 0 saturated heterocycles. The van der Waals surface area contributed by atoms with Crippen molar-refractivity contribution in [1.82, 2.24) is 0 Å². The molecule has 0 fully saturated rings. The first-order valence-corrected chi connectivity index (χ1v) is 8.41. The highest BCUT2D eigenvalue weighted by Crippen LogP contribution is 2.16. The van der Waals surface area contributed by atoms with Crippen LogP contribution in [0.5, 0.6) is 0 Å². The predicted octanol–water partition coefficient (Wildman–Crippen LogP) is 0.806. The maximum Gasteiger partial charge on any atom is 0.306 e. The topological polar surface area (TPSA) is 104 Å². The Morgan fingerprint density at radius 1 is 1.08 bits per heavy atom. The van der Waals surface area contributed by atoms with Crippen molar-refractivity contribution < 1.29 is 33.8 Å². The summed E-state index contributed by atoms with van der Waals surface area (Å²) in [6, 6.07) is 0. The number of carboxylic acids is 2. The third-order valence-electron chi connectivity index (χ3n) is 3.55. The van der Waals surface area contributed by atoms with E-state index in [0.29, 0.717) is 17.4 Å². The molecule has 2 atom stereocenters.